The molecule has 3 rings (SSSR count). The van der Waals surface area contributed by atoms with E-state index in [1.165, 1.54) is 6.07 Å². The highest BCUT2D eigenvalue weighted by atomic mass is 19.1. The molecule has 2 aromatic rings. The van der Waals surface area contributed by atoms with Crippen LogP contribution in [-0.2, 0) is 22.4 Å². The molecule has 1 fully saturated rings. The van der Waals surface area contributed by atoms with E-state index in [2.05, 4.69) is 10.3 Å². The lowest BCUT2D eigenvalue weighted by Gasteiger charge is -2.49. The van der Waals surface area contributed by atoms with Crippen LogP contribution in [0.2, 0.25) is 0 Å². The summed E-state index contributed by atoms with van der Waals surface area (Å²) in [4.78, 5) is 32.8. The third kappa shape index (κ3) is 5.17. The van der Waals surface area contributed by atoms with Crippen molar-refractivity contribution in [2.75, 3.05) is 40.3 Å². The first-order valence-electron chi connectivity index (χ1n) is 9.73. The molecule has 0 unspecified atom stereocenters. The molecule has 0 saturated carbocycles. The first-order valence-corrected chi connectivity index (χ1v) is 9.73. The Morgan fingerprint density at radius 3 is 2.52 bits per heavy atom. The molecule has 1 aliphatic heterocycles. The number of carbonyl (C=O) groups excluding carboxylic acids is 2. The number of likely N-dealkylation sites (tertiary alicyclic amines) is 1. The number of hydrogen-bond acceptors (Lipinski definition) is 4. The third-order valence-corrected chi connectivity index (χ3v) is 5.21. The van der Waals surface area contributed by atoms with Crippen molar-refractivity contribution in [3.63, 3.8) is 0 Å². The zero-order valence-corrected chi connectivity index (χ0v) is 16.9. The van der Waals surface area contributed by atoms with Gasteiger partial charge in [0.1, 0.15) is 5.82 Å². The maximum atomic E-state index is 14.2. The Kier molecular flexibility index (Phi) is 6.59. The highest BCUT2D eigenvalue weighted by molar-refractivity contribution is 5.88. The van der Waals surface area contributed by atoms with Crippen LogP contribution in [0.5, 0.6) is 0 Å². The summed E-state index contributed by atoms with van der Waals surface area (Å²) in [5, 5.41) is 2.98. The van der Waals surface area contributed by atoms with Gasteiger partial charge in [0.25, 0.3) is 0 Å². The van der Waals surface area contributed by atoms with Gasteiger partial charge in [-0.1, -0.05) is 18.2 Å². The molecular weight excluding hydrogens is 371 g/mol. The molecule has 0 spiro atoms. The first-order chi connectivity index (χ1) is 13.9. The average Bonchev–Trinajstić information content (AvgIpc) is 2.66. The van der Waals surface area contributed by atoms with Crippen molar-refractivity contribution in [1.29, 1.82) is 0 Å². The van der Waals surface area contributed by atoms with Crippen LogP contribution in [0.15, 0.2) is 48.8 Å². The van der Waals surface area contributed by atoms with Crippen LogP contribution in [0.3, 0.4) is 0 Å². The predicted octanol–water partition coefficient (Wildman–Crippen LogP) is 1.51. The van der Waals surface area contributed by atoms with Gasteiger partial charge in [-0.25, -0.2) is 4.39 Å². The SMILES string of the molecule is CN(C)CC(=O)N1CC(Cc2ccccc2F)(C(=O)NCCc2ccncc2)C1. The number of likely N-dealkylation sites (N-methyl/N-ethyl adjacent to an activating group) is 1. The molecule has 0 atom stereocenters. The van der Waals surface area contributed by atoms with E-state index in [-0.39, 0.29) is 24.1 Å². The van der Waals surface area contributed by atoms with Crippen molar-refractivity contribution in [3.8, 4) is 0 Å². The topological polar surface area (TPSA) is 65.5 Å². The van der Waals surface area contributed by atoms with Crippen LogP contribution in [0.4, 0.5) is 4.39 Å². The Labute approximate surface area is 170 Å². The monoisotopic (exact) mass is 398 g/mol. The largest absolute Gasteiger partial charge is 0.355 e. The zero-order valence-electron chi connectivity index (χ0n) is 16.9. The standard InChI is InChI=1S/C22H27FN4O2/c1-26(2)14-20(28)27-15-22(16-27,13-18-5-3-4-6-19(18)23)21(29)25-12-9-17-7-10-24-11-8-17/h3-8,10-11H,9,12-16H2,1-2H3,(H,25,29). The molecule has 2 amide bonds. The lowest BCUT2D eigenvalue weighted by Crippen LogP contribution is -2.66. The molecule has 29 heavy (non-hydrogen) atoms. The molecule has 1 aromatic carbocycles. The predicted molar refractivity (Wildman–Crippen MR) is 109 cm³/mol. The molecule has 7 heteroatoms. The van der Waals surface area contributed by atoms with Gasteiger partial charge in [-0.05, 0) is 56.3 Å². The second-order valence-corrected chi connectivity index (χ2v) is 7.90. The number of pyridine rings is 1. The lowest BCUT2D eigenvalue weighted by atomic mass is 9.73. The normalized spacial score (nSPS) is 15.1. The minimum Gasteiger partial charge on any atom is -0.355 e. The number of halogens is 1. The Hall–Kier alpha value is -2.80. The lowest BCUT2D eigenvalue weighted by molar-refractivity contribution is -0.154. The molecule has 0 bridgehead atoms. The number of aromatic nitrogens is 1. The van der Waals surface area contributed by atoms with Gasteiger partial charge in [-0.3, -0.25) is 14.6 Å². The summed E-state index contributed by atoms with van der Waals surface area (Å²) in [7, 11) is 3.66. The quantitative estimate of drug-likeness (QED) is 0.732. The van der Waals surface area contributed by atoms with Crippen LogP contribution < -0.4 is 5.32 Å². The van der Waals surface area contributed by atoms with Crippen LogP contribution in [0.25, 0.3) is 0 Å². The van der Waals surface area contributed by atoms with Gasteiger partial charge in [0, 0.05) is 32.0 Å². The van der Waals surface area contributed by atoms with Gasteiger partial charge in [0.05, 0.1) is 12.0 Å². The van der Waals surface area contributed by atoms with Gasteiger partial charge in [0.2, 0.25) is 11.8 Å². The molecule has 1 N–H and O–H groups in total. The Morgan fingerprint density at radius 2 is 1.86 bits per heavy atom. The first kappa shape index (κ1) is 20.9. The summed E-state index contributed by atoms with van der Waals surface area (Å²) < 4.78 is 14.2. The van der Waals surface area contributed by atoms with Crippen molar-refractivity contribution in [1.82, 2.24) is 20.1 Å². The van der Waals surface area contributed by atoms with Crippen molar-refractivity contribution in [2.24, 2.45) is 5.41 Å². The third-order valence-electron chi connectivity index (χ3n) is 5.21. The second-order valence-electron chi connectivity index (χ2n) is 7.90. The number of rotatable bonds is 8. The molecule has 1 aliphatic rings. The molecular formula is C22H27FN4O2. The summed E-state index contributed by atoms with van der Waals surface area (Å²) in [6.45, 7) is 1.37. The van der Waals surface area contributed by atoms with Gasteiger partial charge in [-0.2, -0.15) is 0 Å². The van der Waals surface area contributed by atoms with E-state index in [9.17, 15) is 14.0 Å². The minimum absolute atomic E-state index is 0.0243. The number of hydrogen-bond donors (Lipinski definition) is 1. The fourth-order valence-corrected chi connectivity index (χ4v) is 3.63. The number of nitrogens with one attached hydrogen (secondary N) is 1. The summed E-state index contributed by atoms with van der Waals surface area (Å²) in [5.74, 6) is -0.484. The van der Waals surface area contributed by atoms with E-state index in [4.69, 9.17) is 0 Å². The average molecular weight is 398 g/mol. The molecule has 154 valence electrons. The molecule has 6 nitrogen and oxygen atoms in total. The van der Waals surface area contributed by atoms with Gasteiger partial charge >= 0.3 is 0 Å². The van der Waals surface area contributed by atoms with E-state index < -0.39 is 5.41 Å². The summed E-state index contributed by atoms with van der Waals surface area (Å²) in [6, 6.07) is 10.3. The Morgan fingerprint density at radius 1 is 1.17 bits per heavy atom. The molecule has 2 heterocycles. The number of amides is 2. The highest BCUT2D eigenvalue weighted by Gasteiger charge is 2.50. The van der Waals surface area contributed by atoms with Crippen molar-refractivity contribution in [3.05, 3.63) is 65.7 Å². The van der Waals surface area contributed by atoms with E-state index in [0.29, 0.717) is 38.2 Å². The van der Waals surface area contributed by atoms with Crippen LogP contribution >= 0.6 is 0 Å². The second kappa shape index (κ2) is 9.13. The summed E-state index contributed by atoms with van der Waals surface area (Å²) in [6.07, 6.45) is 4.40. The fourth-order valence-electron chi connectivity index (χ4n) is 3.63. The van der Waals surface area contributed by atoms with Gasteiger partial charge < -0.3 is 15.1 Å². The smallest absolute Gasteiger partial charge is 0.236 e. The maximum Gasteiger partial charge on any atom is 0.236 e. The van der Waals surface area contributed by atoms with Crippen LogP contribution in [0.1, 0.15) is 11.1 Å². The number of benzene rings is 1. The van der Waals surface area contributed by atoms with Crippen molar-refractivity contribution < 1.29 is 14.0 Å². The van der Waals surface area contributed by atoms with E-state index >= 15 is 0 Å². The maximum absolute atomic E-state index is 14.2. The number of carbonyl (C=O) groups is 2. The molecule has 1 saturated heterocycles. The van der Waals surface area contributed by atoms with E-state index in [0.717, 1.165) is 5.56 Å². The van der Waals surface area contributed by atoms with Crippen LogP contribution in [0, 0.1) is 11.2 Å². The van der Waals surface area contributed by atoms with Gasteiger partial charge in [0.15, 0.2) is 0 Å². The number of nitrogens with zero attached hydrogens (tertiary/aromatic N) is 3. The fraction of sp³-hybridized carbons (Fsp3) is 0.409. The van der Waals surface area contributed by atoms with E-state index in [1.807, 2.05) is 26.2 Å². The minimum atomic E-state index is -0.803. The van der Waals surface area contributed by atoms with E-state index in [1.54, 1.807) is 40.4 Å². The summed E-state index contributed by atoms with van der Waals surface area (Å²) >= 11 is 0. The molecule has 0 radical (unpaired) electrons. The Bertz CT molecular complexity index is 851. The summed E-state index contributed by atoms with van der Waals surface area (Å²) in [5.41, 5.74) is 0.777. The Balaban J connectivity index is 1.67. The van der Waals surface area contributed by atoms with Crippen molar-refractivity contribution in [2.45, 2.75) is 12.8 Å². The van der Waals surface area contributed by atoms with Crippen molar-refractivity contribution >= 4 is 11.8 Å². The molecule has 1 aromatic heterocycles. The van der Waals surface area contributed by atoms with Crippen LogP contribution in [-0.4, -0.2) is 66.9 Å². The van der Waals surface area contributed by atoms with Gasteiger partial charge in [-0.15, -0.1) is 0 Å². The highest BCUT2D eigenvalue weighted by Crippen LogP contribution is 2.35. The zero-order chi connectivity index (χ0) is 20.9. The molecule has 0 aliphatic carbocycles.